The molecule has 0 aliphatic heterocycles. The summed E-state index contributed by atoms with van der Waals surface area (Å²) in [4.78, 5) is 0. The molecule has 0 saturated heterocycles. The maximum atomic E-state index is 12.7. The highest BCUT2D eigenvalue weighted by atomic mass is 35.6. The van der Waals surface area contributed by atoms with Crippen molar-refractivity contribution in [2.24, 2.45) is 0 Å². The van der Waals surface area contributed by atoms with Crippen LogP contribution in [-0.4, -0.2) is 37.5 Å². The fourth-order valence-electron chi connectivity index (χ4n) is 1.35. The zero-order chi connectivity index (χ0) is 13.9. The van der Waals surface area contributed by atoms with E-state index in [1.807, 2.05) is 40.8 Å². The summed E-state index contributed by atoms with van der Waals surface area (Å²) in [6, 6.07) is 0. The number of nitrogens with zero attached hydrogens (tertiary/aromatic N) is 1. The molecule has 0 rings (SSSR count). The molecule has 0 spiro atoms. The van der Waals surface area contributed by atoms with Crippen molar-refractivity contribution in [3.05, 3.63) is 0 Å². The summed E-state index contributed by atoms with van der Waals surface area (Å²) in [5.74, 6) is 0. The van der Waals surface area contributed by atoms with Gasteiger partial charge in [0, 0.05) is 6.17 Å². The highest BCUT2D eigenvalue weighted by Gasteiger charge is 2.36. The van der Waals surface area contributed by atoms with Crippen LogP contribution in [0.2, 0.25) is 13.1 Å². The zero-order valence-electron chi connectivity index (χ0n) is 11.9. The van der Waals surface area contributed by atoms with Gasteiger partial charge >= 0.3 is 7.75 Å². The molecule has 0 fully saturated rings. The maximum Gasteiger partial charge on any atom is 0.408 e. The van der Waals surface area contributed by atoms with Gasteiger partial charge in [-0.2, -0.15) is 11.1 Å². The average molecular weight is 302 g/mol. The lowest BCUT2D eigenvalue weighted by Crippen LogP contribution is -2.36. The second-order valence-corrected chi connectivity index (χ2v) is 14.2. The predicted octanol–water partition coefficient (Wildman–Crippen LogP) is 3.86. The number of halogens is 1. The molecular weight excluding hydrogens is 277 g/mol. The molecular formula is C10H25ClNO3PSi. The van der Waals surface area contributed by atoms with E-state index in [9.17, 15) is 4.57 Å². The van der Waals surface area contributed by atoms with Crippen LogP contribution in [0.15, 0.2) is 0 Å². The minimum absolute atomic E-state index is 0.151. The molecule has 17 heavy (non-hydrogen) atoms. The Labute approximate surface area is 111 Å². The molecule has 0 radical (unpaired) electrons. The smallest absolute Gasteiger partial charge is 0.294 e. The Morgan fingerprint density at radius 3 is 1.76 bits per heavy atom. The van der Waals surface area contributed by atoms with E-state index < -0.39 is 15.1 Å². The van der Waals surface area contributed by atoms with Gasteiger partial charge in [0.25, 0.3) is 0 Å². The van der Waals surface area contributed by atoms with E-state index in [1.54, 1.807) is 11.7 Å². The van der Waals surface area contributed by atoms with Gasteiger partial charge in [-0.3, -0.25) is 9.05 Å². The molecule has 0 aromatic carbocycles. The third-order valence-electron chi connectivity index (χ3n) is 1.71. The molecule has 0 N–H and O–H groups in total. The first kappa shape index (κ1) is 17.6. The van der Waals surface area contributed by atoms with Crippen molar-refractivity contribution in [2.75, 3.05) is 13.2 Å². The predicted molar refractivity (Wildman–Crippen MR) is 76.0 cm³/mol. The SMILES string of the molecule is CC(C)OP(=O)(OC(C)C)N(C)C[Si](C)(C)Cl. The lowest BCUT2D eigenvalue weighted by molar-refractivity contribution is 0.115. The number of hydrogen-bond acceptors (Lipinski definition) is 3. The summed E-state index contributed by atoms with van der Waals surface area (Å²) in [7, 11) is -3.36. The summed E-state index contributed by atoms with van der Waals surface area (Å²) >= 11 is 6.27. The fraction of sp³-hybridized carbons (Fsp3) is 1.00. The van der Waals surface area contributed by atoms with Crippen LogP contribution in [-0.2, 0) is 13.6 Å². The van der Waals surface area contributed by atoms with E-state index >= 15 is 0 Å². The van der Waals surface area contributed by atoms with Crippen molar-refractivity contribution in [1.29, 1.82) is 0 Å². The Bertz CT molecular complexity index is 267. The first-order valence-corrected chi connectivity index (χ1v) is 11.5. The van der Waals surface area contributed by atoms with Crippen molar-refractivity contribution in [2.45, 2.75) is 53.0 Å². The van der Waals surface area contributed by atoms with Gasteiger partial charge in [0.15, 0.2) is 7.38 Å². The molecule has 0 amide bonds. The molecule has 4 nitrogen and oxygen atoms in total. The Hall–Kier alpha value is 0.617. The van der Waals surface area contributed by atoms with E-state index in [0.29, 0.717) is 6.17 Å². The van der Waals surface area contributed by atoms with E-state index in [0.717, 1.165) is 0 Å². The third kappa shape index (κ3) is 7.60. The lowest BCUT2D eigenvalue weighted by Gasteiger charge is -2.32. The average Bonchev–Trinajstić information content (AvgIpc) is 1.96. The molecule has 0 aliphatic carbocycles. The quantitative estimate of drug-likeness (QED) is 0.407. The van der Waals surface area contributed by atoms with Gasteiger partial charge in [0.1, 0.15) is 0 Å². The summed E-state index contributed by atoms with van der Waals surface area (Å²) in [5, 5.41) is 0. The highest BCUT2D eigenvalue weighted by molar-refractivity contribution is 7.51. The van der Waals surface area contributed by atoms with Gasteiger partial charge < -0.3 is 0 Å². The van der Waals surface area contributed by atoms with Gasteiger partial charge in [0.05, 0.1) is 12.2 Å². The highest BCUT2D eigenvalue weighted by Crippen LogP contribution is 2.53. The topological polar surface area (TPSA) is 38.8 Å². The molecule has 0 saturated carbocycles. The summed E-state index contributed by atoms with van der Waals surface area (Å²) < 4.78 is 25.2. The summed E-state index contributed by atoms with van der Waals surface area (Å²) in [5.41, 5.74) is 0. The second-order valence-electron chi connectivity index (χ2n) is 5.31. The van der Waals surface area contributed by atoms with Crippen molar-refractivity contribution < 1.29 is 13.6 Å². The van der Waals surface area contributed by atoms with Crippen molar-refractivity contribution in [1.82, 2.24) is 4.67 Å². The fourth-order valence-corrected chi connectivity index (χ4v) is 6.42. The molecule has 0 aliphatic rings. The van der Waals surface area contributed by atoms with Crippen LogP contribution in [0.25, 0.3) is 0 Å². The van der Waals surface area contributed by atoms with Crippen molar-refractivity contribution >= 4 is 26.2 Å². The Morgan fingerprint density at radius 2 is 1.53 bits per heavy atom. The van der Waals surface area contributed by atoms with E-state index in [2.05, 4.69) is 0 Å². The van der Waals surface area contributed by atoms with Gasteiger partial charge in [-0.15, -0.1) is 0 Å². The van der Waals surface area contributed by atoms with Gasteiger partial charge in [-0.1, -0.05) is 13.1 Å². The third-order valence-corrected chi connectivity index (χ3v) is 5.92. The van der Waals surface area contributed by atoms with Gasteiger partial charge in [-0.05, 0) is 34.7 Å². The van der Waals surface area contributed by atoms with Crippen LogP contribution in [0.1, 0.15) is 27.7 Å². The van der Waals surface area contributed by atoms with Crippen LogP contribution >= 0.6 is 18.8 Å². The van der Waals surface area contributed by atoms with Crippen LogP contribution in [0.3, 0.4) is 0 Å². The molecule has 0 heterocycles. The first-order valence-electron chi connectivity index (χ1n) is 5.83. The van der Waals surface area contributed by atoms with E-state index in [4.69, 9.17) is 20.1 Å². The molecule has 0 aromatic heterocycles. The zero-order valence-corrected chi connectivity index (χ0v) is 14.5. The second kappa shape index (κ2) is 6.69. The molecule has 104 valence electrons. The summed E-state index contributed by atoms with van der Waals surface area (Å²) in [6.07, 6.45) is 0.259. The van der Waals surface area contributed by atoms with Crippen molar-refractivity contribution in [3.63, 3.8) is 0 Å². The van der Waals surface area contributed by atoms with Gasteiger partial charge in [-0.25, -0.2) is 9.24 Å². The van der Waals surface area contributed by atoms with Crippen LogP contribution in [0.5, 0.6) is 0 Å². The number of rotatable bonds is 7. The molecule has 0 bridgehead atoms. The summed E-state index contributed by atoms with van der Waals surface area (Å²) in [6.45, 7) is 11.4. The van der Waals surface area contributed by atoms with Crippen LogP contribution in [0, 0.1) is 0 Å². The van der Waals surface area contributed by atoms with Crippen LogP contribution in [0.4, 0.5) is 0 Å². The minimum Gasteiger partial charge on any atom is -0.294 e. The monoisotopic (exact) mass is 301 g/mol. The van der Waals surface area contributed by atoms with E-state index in [1.165, 1.54) is 0 Å². The standard InChI is InChI=1S/C10H25ClNO3PSi/c1-9(2)14-16(13,15-10(3)4)12(5)8-17(6,7)11/h9-10H,8H2,1-7H3. The minimum atomic E-state index is -3.24. The Kier molecular flexibility index (Phi) is 6.93. The van der Waals surface area contributed by atoms with Crippen molar-refractivity contribution in [3.8, 4) is 0 Å². The maximum absolute atomic E-state index is 12.7. The largest absolute Gasteiger partial charge is 0.408 e. The Morgan fingerprint density at radius 1 is 1.18 bits per heavy atom. The number of hydrogen-bond donors (Lipinski definition) is 0. The van der Waals surface area contributed by atoms with E-state index in [-0.39, 0.29) is 12.2 Å². The molecule has 0 aromatic rings. The normalized spacial score (nSPS) is 14.1. The Balaban J connectivity index is 4.85. The van der Waals surface area contributed by atoms with Gasteiger partial charge in [0.2, 0.25) is 0 Å². The molecule has 0 atom stereocenters. The first-order chi connectivity index (χ1) is 7.46. The molecule has 0 unspecified atom stereocenters. The van der Waals surface area contributed by atoms with Crippen LogP contribution < -0.4 is 0 Å². The lowest BCUT2D eigenvalue weighted by atomic mass is 10.5. The molecule has 7 heteroatoms.